The zero-order valence-electron chi connectivity index (χ0n) is 14.3. The molecular weight excluding hydrogens is 341 g/mol. The maximum absolute atomic E-state index is 13.1. The van der Waals surface area contributed by atoms with Gasteiger partial charge in [0.1, 0.15) is 18.1 Å². The number of carbonyl (C=O) groups is 3. The maximum Gasteiger partial charge on any atom is 0.323 e. The third-order valence-corrected chi connectivity index (χ3v) is 4.40. The number of halogens is 1. The molecule has 1 aromatic heterocycles. The standard InChI is InChI=1S/C19H18FNO5/c1-11-17-14(22)3-2-4-15(17)26-18(11)19(25)21(10-16(23)24)9-12-5-7-13(20)8-6-12/h5-8H,2-4,9-10H2,1H3,(H,23,24). The number of ketones is 1. The molecule has 0 aliphatic heterocycles. The van der Waals surface area contributed by atoms with Crippen LogP contribution < -0.4 is 0 Å². The number of carboxylic acids is 1. The number of aryl methyl sites for hydroxylation is 1. The molecule has 0 atom stereocenters. The highest BCUT2D eigenvalue weighted by atomic mass is 19.1. The van der Waals surface area contributed by atoms with E-state index in [4.69, 9.17) is 9.52 Å². The van der Waals surface area contributed by atoms with E-state index in [1.807, 2.05) is 0 Å². The lowest BCUT2D eigenvalue weighted by Crippen LogP contribution is -2.35. The second-order valence-electron chi connectivity index (χ2n) is 6.31. The lowest BCUT2D eigenvalue weighted by Gasteiger charge is -2.20. The smallest absolute Gasteiger partial charge is 0.323 e. The molecule has 0 saturated heterocycles. The minimum Gasteiger partial charge on any atom is -0.480 e. The molecule has 2 aromatic rings. The van der Waals surface area contributed by atoms with Crippen molar-refractivity contribution < 1.29 is 28.3 Å². The highest BCUT2D eigenvalue weighted by Gasteiger charge is 2.31. The third-order valence-electron chi connectivity index (χ3n) is 4.40. The summed E-state index contributed by atoms with van der Waals surface area (Å²) in [5.41, 5.74) is 1.48. The van der Waals surface area contributed by atoms with Gasteiger partial charge in [0.15, 0.2) is 11.5 Å². The fourth-order valence-corrected chi connectivity index (χ4v) is 3.17. The summed E-state index contributed by atoms with van der Waals surface area (Å²) in [6.45, 7) is 1.09. The van der Waals surface area contributed by atoms with Crippen molar-refractivity contribution in [2.75, 3.05) is 6.54 Å². The molecule has 7 heteroatoms. The van der Waals surface area contributed by atoms with Crippen LogP contribution in [0.4, 0.5) is 4.39 Å². The van der Waals surface area contributed by atoms with Crippen molar-refractivity contribution in [3.05, 3.63) is 58.3 Å². The summed E-state index contributed by atoms with van der Waals surface area (Å²) in [5, 5.41) is 9.14. The van der Waals surface area contributed by atoms with Gasteiger partial charge < -0.3 is 14.4 Å². The summed E-state index contributed by atoms with van der Waals surface area (Å²) in [4.78, 5) is 37.3. The number of hydrogen-bond donors (Lipinski definition) is 1. The molecule has 26 heavy (non-hydrogen) atoms. The SMILES string of the molecule is Cc1c(C(=O)N(CC(=O)O)Cc2ccc(F)cc2)oc2c1C(=O)CCC2. The van der Waals surface area contributed by atoms with Crippen molar-refractivity contribution in [1.29, 1.82) is 0 Å². The fourth-order valence-electron chi connectivity index (χ4n) is 3.17. The topological polar surface area (TPSA) is 87.8 Å². The lowest BCUT2D eigenvalue weighted by molar-refractivity contribution is -0.137. The fraction of sp³-hybridized carbons (Fsp3) is 0.316. The third kappa shape index (κ3) is 3.51. The minimum absolute atomic E-state index is 0.00592. The Hall–Kier alpha value is -2.96. The van der Waals surface area contributed by atoms with E-state index >= 15 is 0 Å². The molecule has 1 amide bonds. The first kappa shape index (κ1) is 17.8. The van der Waals surface area contributed by atoms with Gasteiger partial charge in [-0.1, -0.05) is 12.1 Å². The largest absolute Gasteiger partial charge is 0.480 e. The van der Waals surface area contributed by atoms with E-state index in [2.05, 4.69) is 0 Å². The van der Waals surface area contributed by atoms with Crippen LogP contribution in [0, 0.1) is 12.7 Å². The first-order valence-electron chi connectivity index (χ1n) is 8.27. The van der Waals surface area contributed by atoms with E-state index in [1.54, 1.807) is 6.92 Å². The van der Waals surface area contributed by atoms with Crippen LogP contribution in [0.2, 0.25) is 0 Å². The molecule has 0 fully saturated rings. The summed E-state index contributed by atoms with van der Waals surface area (Å²) < 4.78 is 18.7. The molecule has 0 saturated carbocycles. The number of nitrogens with zero attached hydrogens (tertiary/aromatic N) is 1. The summed E-state index contributed by atoms with van der Waals surface area (Å²) in [7, 11) is 0. The van der Waals surface area contributed by atoms with Gasteiger partial charge in [-0.2, -0.15) is 0 Å². The molecule has 136 valence electrons. The second-order valence-corrected chi connectivity index (χ2v) is 6.31. The van der Waals surface area contributed by atoms with Crippen LogP contribution in [0.3, 0.4) is 0 Å². The van der Waals surface area contributed by atoms with Crippen molar-refractivity contribution in [1.82, 2.24) is 4.90 Å². The molecule has 6 nitrogen and oxygen atoms in total. The molecule has 1 N–H and O–H groups in total. The highest BCUT2D eigenvalue weighted by Crippen LogP contribution is 2.30. The van der Waals surface area contributed by atoms with Crippen molar-refractivity contribution in [3.8, 4) is 0 Å². The number of carbonyl (C=O) groups excluding carboxylic acids is 2. The predicted molar refractivity (Wildman–Crippen MR) is 89.5 cm³/mol. The van der Waals surface area contributed by atoms with Crippen LogP contribution in [0.15, 0.2) is 28.7 Å². The molecule has 1 aliphatic rings. The molecule has 1 heterocycles. The van der Waals surface area contributed by atoms with Gasteiger partial charge in [0.25, 0.3) is 5.91 Å². The van der Waals surface area contributed by atoms with Crippen LogP contribution in [0.5, 0.6) is 0 Å². The maximum atomic E-state index is 13.1. The van der Waals surface area contributed by atoms with Crippen LogP contribution >= 0.6 is 0 Å². The van der Waals surface area contributed by atoms with Crippen LogP contribution in [0.1, 0.15) is 50.6 Å². The number of carboxylic acid groups (broad SMARTS) is 1. The molecular formula is C19H18FNO5. The molecule has 3 rings (SSSR count). The van der Waals surface area contributed by atoms with E-state index in [0.717, 1.165) is 4.90 Å². The number of hydrogen-bond acceptors (Lipinski definition) is 4. The van der Waals surface area contributed by atoms with Gasteiger partial charge in [-0.25, -0.2) is 4.39 Å². The van der Waals surface area contributed by atoms with Gasteiger partial charge in [-0.05, 0) is 31.0 Å². The quantitative estimate of drug-likeness (QED) is 0.887. The first-order chi connectivity index (χ1) is 12.4. The van der Waals surface area contributed by atoms with Gasteiger partial charge in [-0.3, -0.25) is 14.4 Å². The summed E-state index contributed by atoms with van der Waals surface area (Å²) in [6.07, 6.45) is 1.66. The van der Waals surface area contributed by atoms with Gasteiger partial charge in [0.2, 0.25) is 0 Å². The lowest BCUT2D eigenvalue weighted by atomic mass is 9.94. The Labute approximate surface area is 149 Å². The van der Waals surface area contributed by atoms with Crippen molar-refractivity contribution in [2.24, 2.45) is 0 Å². The van der Waals surface area contributed by atoms with Gasteiger partial charge in [0.05, 0.1) is 5.56 Å². The molecule has 1 aliphatic carbocycles. The summed E-state index contributed by atoms with van der Waals surface area (Å²) in [5.74, 6) is -1.78. The van der Waals surface area contributed by atoms with Crippen LogP contribution in [-0.2, 0) is 17.8 Å². The number of fused-ring (bicyclic) bond motifs is 1. The Kier molecular flexibility index (Phi) is 4.88. The van der Waals surface area contributed by atoms with Crippen molar-refractivity contribution >= 4 is 17.7 Å². The molecule has 0 unspecified atom stereocenters. The Bertz CT molecular complexity index is 869. The van der Waals surface area contributed by atoms with Crippen molar-refractivity contribution in [3.63, 3.8) is 0 Å². The molecule has 1 aromatic carbocycles. The zero-order chi connectivity index (χ0) is 18.8. The Morgan fingerprint density at radius 2 is 1.92 bits per heavy atom. The molecule has 0 spiro atoms. The number of furan rings is 1. The van der Waals surface area contributed by atoms with Gasteiger partial charge >= 0.3 is 5.97 Å². The summed E-state index contributed by atoms with van der Waals surface area (Å²) >= 11 is 0. The van der Waals surface area contributed by atoms with Gasteiger partial charge in [0, 0.05) is 24.9 Å². The Morgan fingerprint density at radius 3 is 2.54 bits per heavy atom. The van der Waals surface area contributed by atoms with E-state index in [0.29, 0.717) is 41.7 Å². The molecule has 0 radical (unpaired) electrons. The first-order valence-corrected chi connectivity index (χ1v) is 8.27. The van der Waals surface area contributed by atoms with E-state index in [-0.39, 0.29) is 18.1 Å². The predicted octanol–water partition coefficient (Wildman–Crippen LogP) is 2.97. The number of aliphatic carboxylic acids is 1. The summed E-state index contributed by atoms with van der Waals surface area (Å²) in [6, 6.07) is 5.46. The number of benzene rings is 1. The van der Waals surface area contributed by atoms with E-state index in [9.17, 15) is 18.8 Å². The van der Waals surface area contributed by atoms with E-state index in [1.165, 1.54) is 24.3 Å². The zero-order valence-corrected chi connectivity index (χ0v) is 14.3. The number of Topliss-reactive ketones (excluding diaryl/α,β-unsaturated/α-hetero) is 1. The van der Waals surface area contributed by atoms with Crippen molar-refractivity contribution in [2.45, 2.75) is 32.7 Å². The van der Waals surface area contributed by atoms with E-state index < -0.39 is 24.2 Å². The average Bonchev–Trinajstić information content (AvgIpc) is 2.93. The monoisotopic (exact) mass is 359 g/mol. The highest BCUT2D eigenvalue weighted by molar-refractivity contribution is 6.03. The second kappa shape index (κ2) is 7.11. The molecule has 0 bridgehead atoms. The number of amides is 1. The number of rotatable bonds is 5. The Morgan fingerprint density at radius 1 is 1.23 bits per heavy atom. The average molecular weight is 359 g/mol. The van der Waals surface area contributed by atoms with Gasteiger partial charge in [-0.15, -0.1) is 0 Å². The van der Waals surface area contributed by atoms with Crippen LogP contribution in [0.25, 0.3) is 0 Å². The normalized spacial score (nSPS) is 13.4. The Balaban J connectivity index is 1.91. The van der Waals surface area contributed by atoms with Crippen LogP contribution in [-0.4, -0.2) is 34.2 Å². The minimum atomic E-state index is -1.18.